The molecule has 0 aliphatic rings. The number of amides is 1. The van der Waals surface area contributed by atoms with Crippen LogP contribution in [0.15, 0.2) is 12.2 Å². The summed E-state index contributed by atoms with van der Waals surface area (Å²) in [5.41, 5.74) is 0. The molecule has 0 aromatic heterocycles. The first kappa shape index (κ1) is 14.2. The molecule has 0 saturated carbocycles. The van der Waals surface area contributed by atoms with Gasteiger partial charge in [0.2, 0.25) is 5.91 Å². The van der Waals surface area contributed by atoms with Gasteiger partial charge in [0.15, 0.2) is 0 Å². The number of carboxylic acids is 2. The molecule has 90 valence electrons. The lowest BCUT2D eigenvalue weighted by atomic mass is 10.2. The molecule has 0 fully saturated rings. The number of rotatable bonds is 8. The Kier molecular flexibility index (Phi) is 7.48. The Hall–Kier alpha value is -1.85. The molecule has 6 heteroatoms. The molecular weight excluding hydrogens is 214 g/mol. The van der Waals surface area contributed by atoms with Crippen LogP contribution in [0.1, 0.15) is 25.7 Å². The highest BCUT2D eigenvalue weighted by Gasteiger charge is 1.98. The van der Waals surface area contributed by atoms with Crippen molar-refractivity contribution in [3.63, 3.8) is 0 Å². The molecule has 16 heavy (non-hydrogen) atoms. The molecule has 1 amide bonds. The molecule has 0 bridgehead atoms. The van der Waals surface area contributed by atoms with Crippen LogP contribution in [0.25, 0.3) is 0 Å². The maximum Gasteiger partial charge on any atom is 0.328 e. The molecule has 0 aromatic carbocycles. The van der Waals surface area contributed by atoms with Crippen LogP contribution in [-0.4, -0.2) is 34.6 Å². The summed E-state index contributed by atoms with van der Waals surface area (Å²) < 4.78 is 0. The third-order valence-electron chi connectivity index (χ3n) is 1.74. The molecule has 0 radical (unpaired) electrons. The fraction of sp³-hybridized carbons (Fsp3) is 0.500. The molecule has 6 nitrogen and oxygen atoms in total. The lowest BCUT2D eigenvalue weighted by Gasteiger charge is -2.00. The summed E-state index contributed by atoms with van der Waals surface area (Å²) in [7, 11) is 0. The van der Waals surface area contributed by atoms with Gasteiger partial charge in [-0.15, -0.1) is 0 Å². The van der Waals surface area contributed by atoms with Crippen molar-refractivity contribution in [3.05, 3.63) is 12.2 Å². The average molecular weight is 229 g/mol. The predicted octanol–water partition coefficient (Wildman–Crippen LogP) is 0.388. The first-order valence-corrected chi connectivity index (χ1v) is 4.93. The van der Waals surface area contributed by atoms with E-state index in [-0.39, 0.29) is 6.42 Å². The van der Waals surface area contributed by atoms with Crippen LogP contribution in [-0.2, 0) is 14.4 Å². The first-order valence-electron chi connectivity index (χ1n) is 4.93. The van der Waals surface area contributed by atoms with E-state index < -0.39 is 17.8 Å². The molecule has 0 aromatic rings. The summed E-state index contributed by atoms with van der Waals surface area (Å²) in [6, 6.07) is 0. The highest BCUT2D eigenvalue weighted by molar-refractivity contribution is 5.93. The molecule has 0 aliphatic carbocycles. The smallest absolute Gasteiger partial charge is 0.328 e. The highest BCUT2D eigenvalue weighted by Crippen LogP contribution is 1.98. The maximum absolute atomic E-state index is 10.9. The van der Waals surface area contributed by atoms with Crippen molar-refractivity contribution in [3.8, 4) is 0 Å². The summed E-state index contributed by atoms with van der Waals surface area (Å²) in [5.74, 6) is -2.45. The lowest BCUT2D eigenvalue weighted by molar-refractivity contribution is -0.137. The van der Waals surface area contributed by atoms with Gasteiger partial charge in [-0.25, -0.2) is 4.79 Å². The molecule has 3 N–H and O–H groups in total. The maximum atomic E-state index is 10.9. The summed E-state index contributed by atoms with van der Waals surface area (Å²) in [5, 5.41) is 19.1. The Morgan fingerprint density at radius 1 is 1.00 bits per heavy atom. The number of carbonyl (C=O) groups excluding carboxylic acids is 1. The molecule has 0 atom stereocenters. The average Bonchev–Trinajstić information content (AvgIpc) is 2.19. The van der Waals surface area contributed by atoms with Gasteiger partial charge in [-0.1, -0.05) is 6.42 Å². The van der Waals surface area contributed by atoms with Crippen LogP contribution in [0.2, 0.25) is 0 Å². The minimum Gasteiger partial charge on any atom is -0.481 e. The number of nitrogens with one attached hydrogen (secondary N) is 1. The Balaban J connectivity index is 3.41. The second-order valence-electron chi connectivity index (χ2n) is 3.17. The van der Waals surface area contributed by atoms with E-state index in [1.165, 1.54) is 0 Å². The van der Waals surface area contributed by atoms with Crippen molar-refractivity contribution in [1.29, 1.82) is 0 Å². The van der Waals surface area contributed by atoms with E-state index in [4.69, 9.17) is 10.2 Å². The van der Waals surface area contributed by atoms with Crippen LogP contribution in [0.3, 0.4) is 0 Å². The second-order valence-corrected chi connectivity index (χ2v) is 3.17. The lowest BCUT2D eigenvalue weighted by Crippen LogP contribution is -2.22. The van der Waals surface area contributed by atoms with Crippen molar-refractivity contribution in [2.75, 3.05) is 6.54 Å². The summed E-state index contributed by atoms with van der Waals surface area (Å²) in [6.45, 7) is 0.419. The van der Waals surface area contributed by atoms with E-state index in [1.807, 2.05) is 0 Å². The Labute approximate surface area is 93.0 Å². The third kappa shape index (κ3) is 10.2. The van der Waals surface area contributed by atoms with Gasteiger partial charge < -0.3 is 15.5 Å². The standard InChI is InChI=1S/C10H15NO5/c12-8(5-6-10(15)16)11-7-3-1-2-4-9(13)14/h5-6H,1-4,7H2,(H,11,12)(H,13,14)(H,15,16)/b6-5+. The molecule has 0 aliphatic heterocycles. The minimum absolute atomic E-state index is 0.132. The number of hydrogen-bond acceptors (Lipinski definition) is 3. The quantitative estimate of drug-likeness (QED) is 0.412. The zero-order valence-electron chi connectivity index (χ0n) is 8.81. The van der Waals surface area contributed by atoms with Gasteiger partial charge in [-0.3, -0.25) is 9.59 Å². The molecule has 0 rings (SSSR count). The van der Waals surface area contributed by atoms with E-state index in [1.54, 1.807) is 0 Å². The number of aliphatic carboxylic acids is 2. The van der Waals surface area contributed by atoms with Crippen LogP contribution >= 0.6 is 0 Å². The minimum atomic E-state index is -1.17. The number of hydrogen-bond donors (Lipinski definition) is 3. The third-order valence-corrected chi connectivity index (χ3v) is 1.74. The highest BCUT2D eigenvalue weighted by atomic mass is 16.4. The van der Waals surface area contributed by atoms with Crippen molar-refractivity contribution < 1.29 is 24.6 Å². The largest absolute Gasteiger partial charge is 0.481 e. The van der Waals surface area contributed by atoms with Gasteiger partial charge >= 0.3 is 11.9 Å². The van der Waals surface area contributed by atoms with E-state index >= 15 is 0 Å². The molecule has 0 saturated heterocycles. The number of carboxylic acid groups (broad SMARTS) is 2. The molecule has 0 heterocycles. The normalized spacial score (nSPS) is 10.2. The van der Waals surface area contributed by atoms with Crippen LogP contribution in [0, 0.1) is 0 Å². The van der Waals surface area contributed by atoms with Gasteiger partial charge in [0.1, 0.15) is 0 Å². The van der Waals surface area contributed by atoms with Gasteiger partial charge in [-0.05, 0) is 12.8 Å². The Morgan fingerprint density at radius 3 is 2.25 bits per heavy atom. The Morgan fingerprint density at radius 2 is 1.69 bits per heavy atom. The molecule has 0 spiro atoms. The van der Waals surface area contributed by atoms with Crippen molar-refractivity contribution in [2.45, 2.75) is 25.7 Å². The predicted molar refractivity (Wildman–Crippen MR) is 55.9 cm³/mol. The van der Waals surface area contributed by atoms with Crippen molar-refractivity contribution in [1.82, 2.24) is 5.32 Å². The van der Waals surface area contributed by atoms with Gasteiger partial charge in [0.25, 0.3) is 0 Å². The van der Waals surface area contributed by atoms with E-state index in [2.05, 4.69) is 5.32 Å². The summed E-state index contributed by atoms with van der Waals surface area (Å²) in [4.78, 5) is 31.1. The van der Waals surface area contributed by atoms with Crippen LogP contribution in [0.5, 0.6) is 0 Å². The van der Waals surface area contributed by atoms with Gasteiger partial charge in [0, 0.05) is 25.1 Å². The molecule has 0 unspecified atom stereocenters. The number of carbonyl (C=O) groups is 3. The topological polar surface area (TPSA) is 104 Å². The van der Waals surface area contributed by atoms with Crippen molar-refractivity contribution >= 4 is 17.8 Å². The zero-order valence-corrected chi connectivity index (χ0v) is 8.81. The summed E-state index contributed by atoms with van der Waals surface area (Å²) in [6.07, 6.45) is 3.82. The fourth-order valence-corrected chi connectivity index (χ4v) is 0.995. The second kappa shape index (κ2) is 8.46. The monoisotopic (exact) mass is 229 g/mol. The van der Waals surface area contributed by atoms with E-state index in [0.717, 1.165) is 18.6 Å². The zero-order chi connectivity index (χ0) is 12.4. The van der Waals surface area contributed by atoms with Crippen molar-refractivity contribution in [2.24, 2.45) is 0 Å². The fourth-order valence-electron chi connectivity index (χ4n) is 0.995. The van der Waals surface area contributed by atoms with E-state index in [9.17, 15) is 14.4 Å². The Bertz CT molecular complexity index is 285. The summed E-state index contributed by atoms with van der Waals surface area (Å²) >= 11 is 0. The van der Waals surface area contributed by atoms with Crippen LogP contribution in [0.4, 0.5) is 0 Å². The number of unbranched alkanes of at least 4 members (excludes halogenated alkanes) is 2. The molecular formula is C10H15NO5. The van der Waals surface area contributed by atoms with E-state index in [0.29, 0.717) is 19.4 Å². The first-order chi connectivity index (χ1) is 7.52. The SMILES string of the molecule is O=C(O)/C=C/C(=O)NCCCCCC(=O)O. The van der Waals surface area contributed by atoms with Gasteiger partial charge in [-0.2, -0.15) is 0 Å². The van der Waals surface area contributed by atoms with Crippen LogP contribution < -0.4 is 5.32 Å². The van der Waals surface area contributed by atoms with Gasteiger partial charge in [0.05, 0.1) is 0 Å².